The first kappa shape index (κ1) is 12.5. The third kappa shape index (κ3) is 3.49. The molecule has 1 aromatic heterocycles. The third-order valence-corrected chi connectivity index (χ3v) is 3.68. The van der Waals surface area contributed by atoms with Gasteiger partial charge in [0.15, 0.2) is 0 Å². The largest absolute Gasteiger partial charge is 0.395 e. The number of anilines is 1. The van der Waals surface area contributed by atoms with Crippen molar-refractivity contribution in [2.24, 2.45) is 5.73 Å². The van der Waals surface area contributed by atoms with Crippen LogP contribution < -0.4 is 17.0 Å². The topological polar surface area (TPSA) is 118 Å². The fraction of sp³-hybridized carbons (Fsp3) is 0.429. The molecule has 1 aromatic rings. The monoisotopic (exact) mass is 294 g/mol. The Kier molecular flexibility index (Phi) is 4.58. The first-order valence-electron chi connectivity index (χ1n) is 4.09. The molecule has 8 heteroatoms. The van der Waals surface area contributed by atoms with Crippen molar-refractivity contribution in [2.75, 3.05) is 18.1 Å². The second-order valence-electron chi connectivity index (χ2n) is 2.82. The molecule has 0 aliphatic rings. The molecule has 6 nitrogen and oxygen atoms in total. The van der Waals surface area contributed by atoms with Crippen molar-refractivity contribution in [3.63, 3.8) is 0 Å². The van der Waals surface area contributed by atoms with Crippen molar-refractivity contribution < 1.29 is 5.11 Å². The molecule has 1 rings (SSSR count). The van der Waals surface area contributed by atoms with E-state index in [1.165, 1.54) is 11.8 Å². The Labute approximate surface area is 98.6 Å². The summed E-state index contributed by atoms with van der Waals surface area (Å²) in [5.41, 5.74) is 10.6. The van der Waals surface area contributed by atoms with E-state index < -0.39 is 0 Å². The maximum atomic E-state index is 11.3. The Balaban J connectivity index is 2.81. The Hall–Kier alpha value is -0.570. The minimum Gasteiger partial charge on any atom is -0.395 e. The summed E-state index contributed by atoms with van der Waals surface area (Å²) in [7, 11) is 0. The van der Waals surface area contributed by atoms with Gasteiger partial charge in [-0.15, -0.1) is 11.8 Å². The number of thioether (sulfide) groups is 1. The lowest BCUT2D eigenvalue weighted by Crippen LogP contribution is -2.27. The Morgan fingerprint density at radius 2 is 2.33 bits per heavy atom. The summed E-state index contributed by atoms with van der Waals surface area (Å²) in [6, 6.07) is -0.343. The first-order valence-corrected chi connectivity index (χ1v) is 5.87. The van der Waals surface area contributed by atoms with Gasteiger partial charge < -0.3 is 16.6 Å². The van der Waals surface area contributed by atoms with Crippen LogP contribution in [0.25, 0.3) is 0 Å². The number of nitrogens with two attached hydrogens (primary N) is 2. The van der Waals surface area contributed by atoms with Gasteiger partial charge in [-0.25, -0.2) is 4.98 Å². The second kappa shape index (κ2) is 5.50. The molecule has 0 aliphatic carbocycles. The van der Waals surface area contributed by atoms with Gasteiger partial charge in [0, 0.05) is 11.8 Å². The van der Waals surface area contributed by atoms with Crippen LogP contribution in [-0.2, 0) is 0 Å². The van der Waals surface area contributed by atoms with Crippen molar-refractivity contribution in [2.45, 2.75) is 11.1 Å². The number of aromatic amines is 1. The summed E-state index contributed by atoms with van der Waals surface area (Å²) in [5.74, 6) is 0.522. The summed E-state index contributed by atoms with van der Waals surface area (Å²) in [4.78, 5) is 17.6. The number of hydrogen-bond acceptors (Lipinski definition) is 6. The summed E-state index contributed by atoms with van der Waals surface area (Å²) >= 11 is 4.37. The lowest BCUT2D eigenvalue weighted by Gasteiger charge is -2.07. The number of aliphatic hydroxyl groups is 1. The van der Waals surface area contributed by atoms with Gasteiger partial charge in [-0.3, -0.25) is 9.78 Å². The molecule has 15 heavy (non-hydrogen) atoms. The van der Waals surface area contributed by atoms with Crippen molar-refractivity contribution in [1.82, 2.24) is 9.97 Å². The molecule has 0 aromatic carbocycles. The molecule has 84 valence electrons. The third-order valence-electron chi connectivity index (χ3n) is 1.52. The van der Waals surface area contributed by atoms with Crippen molar-refractivity contribution in [3.05, 3.63) is 14.8 Å². The number of halogens is 1. The molecule has 1 heterocycles. The smallest absolute Gasteiger partial charge is 0.267 e. The van der Waals surface area contributed by atoms with Crippen LogP contribution in [0.15, 0.2) is 14.3 Å². The van der Waals surface area contributed by atoms with Crippen LogP contribution in [-0.4, -0.2) is 33.5 Å². The molecule has 0 spiro atoms. The Bertz CT molecular complexity index is 397. The lowest BCUT2D eigenvalue weighted by molar-refractivity contribution is 0.275. The molecule has 0 amide bonds. The van der Waals surface area contributed by atoms with Crippen LogP contribution in [0.3, 0.4) is 0 Å². The fourth-order valence-electron chi connectivity index (χ4n) is 0.789. The zero-order valence-electron chi connectivity index (χ0n) is 7.74. The zero-order chi connectivity index (χ0) is 11.4. The van der Waals surface area contributed by atoms with Gasteiger partial charge in [0.25, 0.3) is 5.56 Å². The standard InChI is InChI=1S/C7H11BrN4O2S/c8-4-5(14)11-7(10)12-6(4)15-2-3(9)1-13/h3,13H,1-2,9H2,(H3,10,11,12,14). The Morgan fingerprint density at radius 3 is 2.93 bits per heavy atom. The van der Waals surface area contributed by atoms with Crippen molar-refractivity contribution >= 4 is 33.6 Å². The van der Waals surface area contributed by atoms with E-state index in [0.717, 1.165) is 0 Å². The quantitative estimate of drug-likeness (QED) is 0.440. The predicted octanol–water partition coefficient (Wildman–Crippen LogP) is -0.474. The molecule has 1 unspecified atom stereocenters. The van der Waals surface area contributed by atoms with Crippen LogP contribution in [0.4, 0.5) is 5.95 Å². The SMILES string of the molecule is Nc1nc(SCC(N)CO)c(Br)c(=O)[nH]1. The number of nitrogen functional groups attached to an aromatic ring is 1. The highest BCUT2D eigenvalue weighted by Crippen LogP contribution is 2.22. The van der Waals surface area contributed by atoms with Crippen LogP contribution in [0.2, 0.25) is 0 Å². The van der Waals surface area contributed by atoms with Crippen LogP contribution in [0.5, 0.6) is 0 Å². The average molecular weight is 295 g/mol. The molecule has 0 bridgehead atoms. The maximum absolute atomic E-state index is 11.3. The highest BCUT2D eigenvalue weighted by atomic mass is 79.9. The highest BCUT2D eigenvalue weighted by Gasteiger charge is 2.10. The number of nitrogens with zero attached hydrogens (tertiary/aromatic N) is 1. The molecule has 0 saturated heterocycles. The van der Waals surface area contributed by atoms with Gasteiger partial charge in [-0.1, -0.05) is 0 Å². The number of H-pyrrole nitrogens is 1. The van der Waals surface area contributed by atoms with E-state index in [4.69, 9.17) is 16.6 Å². The van der Waals surface area contributed by atoms with Gasteiger partial charge in [-0.05, 0) is 15.9 Å². The minimum atomic E-state index is -0.343. The van der Waals surface area contributed by atoms with E-state index in [2.05, 4.69) is 25.9 Å². The summed E-state index contributed by atoms with van der Waals surface area (Å²) in [6.45, 7) is -0.108. The minimum absolute atomic E-state index is 0.0586. The van der Waals surface area contributed by atoms with Crippen LogP contribution in [0.1, 0.15) is 0 Å². The van der Waals surface area contributed by atoms with E-state index in [9.17, 15) is 4.79 Å². The summed E-state index contributed by atoms with van der Waals surface area (Å²) < 4.78 is 0.326. The van der Waals surface area contributed by atoms with Gasteiger partial charge in [0.1, 0.15) is 9.50 Å². The molecule has 1 atom stereocenters. The molecular formula is C7H11BrN4O2S. The summed E-state index contributed by atoms with van der Waals surface area (Å²) in [6.07, 6.45) is 0. The summed E-state index contributed by atoms with van der Waals surface area (Å²) in [5, 5.41) is 9.20. The number of aliphatic hydroxyl groups excluding tert-OH is 1. The fourth-order valence-corrected chi connectivity index (χ4v) is 2.18. The first-order chi connectivity index (χ1) is 7.04. The van der Waals surface area contributed by atoms with E-state index in [-0.39, 0.29) is 24.2 Å². The van der Waals surface area contributed by atoms with Gasteiger partial charge in [0.2, 0.25) is 5.95 Å². The van der Waals surface area contributed by atoms with Crippen LogP contribution >= 0.6 is 27.7 Å². The molecular weight excluding hydrogens is 284 g/mol. The highest BCUT2D eigenvalue weighted by molar-refractivity contribution is 9.10. The predicted molar refractivity (Wildman–Crippen MR) is 62.8 cm³/mol. The van der Waals surface area contributed by atoms with E-state index in [0.29, 0.717) is 15.3 Å². The molecule has 0 radical (unpaired) electrons. The zero-order valence-corrected chi connectivity index (χ0v) is 10.1. The number of nitrogens with one attached hydrogen (secondary N) is 1. The van der Waals surface area contributed by atoms with Crippen molar-refractivity contribution in [1.29, 1.82) is 0 Å². The average Bonchev–Trinajstić information content (AvgIpc) is 2.20. The second-order valence-corrected chi connectivity index (χ2v) is 4.63. The van der Waals surface area contributed by atoms with Gasteiger partial charge in [-0.2, -0.15) is 0 Å². The van der Waals surface area contributed by atoms with Gasteiger partial charge in [0.05, 0.1) is 6.61 Å². The molecule has 0 aliphatic heterocycles. The normalized spacial score (nSPS) is 12.7. The van der Waals surface area contributed by atoms with E-state index in [1.54, 1.807) is 0 Å². The van der Waals surface area contributed by atoms with E-state index >= 15 is 0 Å². The maximum Gasteiger partial charge on any atom is 0.267 e. The number of aromatic nitrogens is 2. The molecule has 6 N–H and O–H groups in total. The number of hydrogen-bond donors (Lipinski definition) is 4. The molecule has 0 saturated carbocycles. The van der Waals surface area contributed by atoms with Crippen molar-refractivity contribution in [3.8, 4) is 0 Å². The number of rotatable bonds is 4. The Morgan fingerprint density at radius 1 is 1.67 bits per heavy atom. The molecule has 0 fully saturated rings. The van der Waals surface area contributed by atoms with E-state index in [1.807, 2.05) is 0 Å². The van der Waals surface area contributed by atoms with Crippen LogP contribution in [0, 0.1) is 0 Å². The lowest BCUT2D eigenvalue weighted by atomic mass is 10.4. The van der Waals surface area contributed by atoms with Gasteiger partial charge >= 0.3 is 0 Å².